The number of hydrogen-bond donors (Lipinski definition) is 3. The van der Waals surface area contributed by atoms with Crippen molar-refractivity contribution in [2.45, 2.75) is 49.6 Å². The molecule has 9 heteroatoms. The maximum absolute atomic E-state index is 12.4. The zero-order valence-corrected chi connectivity index (χ0v) is 14.1. The number of sulfonamides is 1. The molecule has 5 N–H and O–H groups in total. The molecular formula is C15H22N4O4S. The number of nitrogens with one attached hydrogen (secondary N) is 1. The quantitative estimate of drug-likeness (QED) is 0.672. The average Bonchev–Trinajstić information content (AvgIpc) is 2.54. The van der Waals surface area contributed by atoms with E-state index in [0.29, 0.717) is 0 Å². The van der Waals surface area contributed by atoms with Crippen LogP contribution in [0.3, 0.4) is 0 Å². The van der Waals surface area contributed by atoms with Gasteiger partial charge in [0.15, 0.2) is 5.03 Å². The van der Waals surface area contributed by atoms with Gasteiger partial charge in [0, 0.05) is 24.2 Å². The second-order valence-electron chi connectivity index (χ2n) is 6.08. The van der Waals surface area contributed by atoms with Gasteiger partial charge in [-0.3, -0.25) is 9.59 Å². The molecule has 2 amide bonds. The molecule has 1 aliphatic rings. The summed E-state index contributed by atoms with van der Waals surface area (Å²) in [4.78, 5) is 27.4. The average molecular weight is 354 g/mol. The zero-order chi connectivity index (χ0) is 17.7. The third-order valence-corrected chi connectivity index (χ3v) is 5.05. The predicted molar refractivity (Wildman–Crippen MR) is 87.3 cm³/mol. The first-order valence-electron chi connectivity index (χ1n) is 7.85. The molecule has 1 heterocycles. The second-order valence-corrected chi connectivity index (χ2v) is 7.58. The topological polar surface area (TPSA) is 145 Å². The number of nitrogens with two attached hydrogens (primary N) is 2. The Hall–Kier alpha value is -2.00. The highest BCUT2D eigenvalue weighted by Gasteiger charge is 2.27. The Balaban J connectivity index is 2.16. The number of aromatic nitrogens is 1. The molecule has 0 bridgehead atoms. The number of primary amides is 1. The van der Waals surface area contributed by atoms with Crippen molar-refractivity contribution in [1.29, 1.82) is 0 Å². The number of rotatable bonds is 6. The molecule has 0 saturated heterocycles. The lowest BCUT2D eigenvalue weighted by Crippen LogP contribution is -2.43. The molecule has 0 unspecified atom stereocenters. The van der Waals surface area contributed by atoms with E-state index < -0.39 is 21.8 Å². The van der Waals surface area contributed by atoms with Crippen molar-refractivity contribution in [3.05, 3.63) is 23.9 Å². The highest BCUT2D eigenvalue weighted by molar-refractivity contribution is 7.89. The zero-order valence-electron chi connectivity index (χ0n) is 13.3. The van der Waals surface area contributed by atoms with Gasteiger partial charge < -0.3 is 11.1 Å². The molecule has 0 aromatic carbocycles. The molecule has 0 spiro atoms. The SMILES string of the molecule is NC(=O)C[C@@H](NC(=O)c1ccnc(S(N)(=O)=O)c1)C1CCCCC1. The standard InChI is InChI=1S/C15H22N4O4S/c16-13(20)9-12(10-4-2-1-3-5-10)19-15(21)11-6-7-18-14(8-11)24(17,22)23/h6-8,10,12H,1-5,9H2,(H2,16,20)(H,19,21)(H2,17,22,23)/t12-/m1/s1. The highest BCUT2D eigenvalue weighted by atomic mass is 32.2. The van der Waals surface area contributed by atoms with E-state index in [9.17, 15) is 18.0 Å². The monoisotopic (exact) mass is 354 g/mol. The number of nitrogens with zero attached hydrogens (tertiary/aromatic N) is 1. The molecule has 1 atom stereocenters. The van der Waals surface area contributed by atoms with Gasteiger partial charge >= 0.3 is 0 Å². The van der Waals surface area contributed by atoms with Gasteiger partial charge in [-0.05, 0) is 30.9 Å². The third-order valence-electron chi connectivity index (χ3n) is 4.24. The Kier molecular flexibility index (Phi) is 5.89. The Bertz CT molecular complexity index is 714. The van der Waals surface area contributed by atoms with Crippen LogP contribution in [0.25, 0.3) is 0 Å². The molecule has 8 nitrogen and oxygen atoms in total. The minimum atomic E-state index is -3.99. The maximum atomic E-state index is 12.4. The van der Waals surface area contributed by atoms with E-state index in [1.807, 2.05) is 0 Å². The highest BCUT2D eigenvalue weighted by Crippen LogP contribution is 2.28. The van der Waals surface area contributed by atoms with E-state index in [1.54, 1.807) is 0 Å². The van der Waals surface area contributed by atoms with Crippen LogP contribution in [0.4, 0.5) is 0 Å². The number of primary sulfonamides is 1. The Morgan fingerprint density at radius 3 is 2.54 bits per heavy atom. The summed E-state index contributed by atoms with van der Waals surface area (Å²) in [5.41, 5.74) is 5.42. The fourth-order valence-corrected chi connectivity index (χ4v) is 3.55. The van der Waals surface area contributed by atoms with E-state index in [2.05, 4.69) is 10.3 Å². The van der Waals surface area contributed by atoms with E-state index in [-0.39, 0.29) is 29.0 Å². The van der Waals surface area contributed by atoms with Crippen LogP contribution in [-0.4, -0.2) is 31.3 Å². The van der Waals surface area contributed by atoms with Gasteiger partial charge in [0.25, 0.3) is 15.9 Å². The number of carbonyl (C=O) groups is 2. The van der Waals surface area contributed by atoms with Crippen LogP contribution in [-0.2, 0) is 14.8 Å². The van der Waals surface area contributed by atoms with Gasteiger partial charge in [0.2, 0.25) is 5.91 Å². The molecular weight excluding hydrogens is 332 g/mol. The van der Waals surface area contributed by atoms with Crippen LogP contribution in [0.15, 0.2) is 23.4 Å². The van der Waals surface area contributed by atoms with Gasteiger partial charge in [0.1, 0.15) is 0 Å². The lowest BCUT2D eigenvalue weighted by atomic mass is 9.82. The summed E-state index contributed by atoms with van der Waals surface area (Å²) in [6.07, 6.45) is 6.38. The van der Waals surface area contributed by atoms with Crippen LogP contribution < -0.4 is 16.2 Å². The first-order valence-corrected chi connectivity index (χ1v) is 9.40. The summed E-state index contributed by atoms with van der Waals surface area (Å²) in [5.74, 6) is -0.764. The minimum absolute atomic E-state index is 0.0591. The molecule has 0 radical (unpaired) electrons. The van der Waals surface area contributed by atoms with Gasteiger partial charge in [0.05, 0.1) is 0 Å². The second kappa shape index (κ2) is 7.71. The minimum Gasteiger partial charge on any atom is -0.370 e. The van der Waals surface area contributed by atoms with Crippen LogP contribution in [0.1, 0.15) is 48.9 Å². The van der Waals surface area contributed by atoms with Crippen molar-refractivity contribution >= 4 is 21.8 Å². The molecule has 1 fully saturated rings. The fourth-order valence-electron chi connectivity index (χ4n) is 3.05. The number of amides is 2. The summed E-state index contributed by atoms with van der Waals surface area (Å²) >= 11 is 0. The molecule has 0 aliphatic heterocycles. The van der Waals surface area contributed by atoms with E-state index in [0.717, 1.165) is 38.2 Å². The number of hydrogen-bond acceptors (Lipinski definition) is 5. The molecule has 1 aliphatic carbocycles. The number of carbonyl (C=O) groups excluding carboxylic acids is 2. The van der Waals surface area contributed by atoms with Gasteiger partial charge in [-0.25, -0.2) is 18.5 Å². The van der Waals surface area contributed by atoms with Gasteiger partial charge in [-0.15, -0.1) is 0 Å². The molecule has 1 aromatic heterocycles. The van der Waals surface area contributed by atoms with Crippen molar-refractivity contribution in [1.82, 2.24) is 10.3 Å². The molecule has 1 aromatic rings. The largest absolute Gasteiger partial charge is 0.370 e. The van der Waals surface area contributed by atoms with Crippen molar-refractivity contribution in [3.63, 3.8) is 0 Å². The Labute approximate surface area is 141 Å². The first-order chi connectivity index (χ1) is 11.3. The lowest BCUT2D eigenvalue weighted by molar-refractivity contribution is -0.118. The van der Waals surface area contributed by atoms with Crippen molar-refractivity contribution < 1.29 is 18.0 Å². The molecule has 132 valence electrons. The molecule has 2 rings (SSSR count). The third kappa shape index (κ3) is 5.00. The smallest absolute Gasteiger partial charge is 0.255 e. The van der Waals surface area contributed by atoms with Crippen molar-refractivity contribution in [3.8, 4) is 0 Å². The van der Waals surface area contributed by atoms with Crippen molar-refractivity contribution in [2.24, 2.45) is 16.8 Å². The lowest BCUT2D eigenvalue weighted by Gasteiger charge is -2.30. The van der Waals surface area contributed by atoms with Gasteiger partial charge in [-0.1, -0.05) is 19.3 Å². The van der Waals surface area contributed by atoms with E-state index in [1.165, 1.54) is 12.3 Å². The van der Waals surface area contributed by atoms with Gasteiger partial charge in [-0.2, -0.15) is 0 Å². The van der Waals surface area contributed by atoms with Crippen molar-refractivity contribution in [2.75, 3.05) is 0 Å². The molecule has 24 heavy (non-hydrogen) atoms. The Morgan fingerprint density at radius 2 is 1.96 bits per heavy atom. The maximum Gasteiger partial charge on any atom is 0.255 e. The summed E-state index contributed by atoms with van der Waals surface area (Å²) in [6.45, 7) is 0. The van der Waals surface area contributed by atoms with Crippen LogP contribution in [0.5, 0.6) is 0 Å². The summed E-state index contributed by atoms with van der Waals surface area (Å²) in [7, 11) is -3.99. The summed E-state index contributed by atoms with van der Waals surface area (Å²) in [5, 5.41) is 7.46. The van der Waals surface area contributed by atoms with Crippen LogP contribution in [0.2, 0.25) is 0 Å². The summed E-state index contributed by atoms with van der Waals surface area (Å²) < 4.78 is 22.7. The van der Waals surface area contributed by atoms with E-state index in [4.69, 9.17) is 10.9 Å². The van der Waals surface area contributed by atoms with E-state index >= 15 is 0 Å². The fraction of sp³-hybridized carbons (Fsp3) is 0.533. The Morgan fingerprint density at radius 1 is 1.29 bits per heavy atom. The number of pyridine rings is 1. The normalized spacial score (nSPS) is 17.2. The van der Waals surface area contributed by atoms with Crippen LogP contribution in [0, 0.1) is 5.92 Å². The summed E-state index contributed by atoms with van der Waals surface area (Å²) in [6, 6.07) is 2.15. The van der Waals surface area contributed by atoms with Crippen LogP contribution >= 0.6 is 0 Å². The first kappa shape index (κ1) is 18.3. The predicted octanol–water partition coefficient (Wildman–Crippen LogP) is 0.283. The molecule has 1 saturated carbocycles.